The number of amides is 5. The van der Waals surface area contributed by atoms with Crippen LogP contribution in [0, 0.1) is 0 Å². The molecular formula is C24H32N4O6Rb2. The largest absolute Gasteiger partial charge is 1.00 e. The van der Waals surface area contributed by atoms with Gasteiger partial charge >= 0.3 is 116 Å². The molecule has 0 atom stereocenters. The van der Waals surface area contributed by atoms with Crippen LogP contribution in [0.2, 0.25) is 0 Å². The van der Waals surface area contributed by atoms with Crippen molar-refractivity contribution < 1.29 is 145 Å². The number of rotatable bonds is 16. The second-order valence-corrected chi connectivity index (χ2v) is 7.93. The van der Waals surface area contributed by atoms with Crippen LogP contribution in [0.1, 0.15) is 49.7 Å². The average molecular weight is 643 g/mol. The molecule has 0 bridgehead atoms. The van der Waals surface area contributed by atoms with E-state index in [9.17, 15) is 24.0 Å². The molecule has 36 heavy (non-hydrogen) atoms. The van der Waals surface area contributed by atoms with Crippen molar-refractivity contribution in [3.63, 3.8) is 0 Å². The van der Waals surface area contributed by atoms with E-state index >= 15 is 0 Å². The van der Waals surface area contributed by atoms with Crippen molar-refractivity contribution in [1.82, 2.24) is 10.2 Å². The Kier molecular flexibility index (Phi) is 22.4. The van der Waals surface area contributed by atoms with E-state index in [1.54, 1.807) is 24.3 Å². The van der Waals surface area contributed by atoms with Crippen molar-refractivity contribution >= 4 is 30.0 Å². The summed E-state index contributed by atoms with van der Waals surface area (Å²) >= 11 is 0. The molecule has 1 aromatic rings. The summed E-state index contributed by atoms with van der Waals surface area (Å²) in [5.74, 6) is -0.702. The molecule has 1 aliphatic heterocycles. The molecule has 1 heterocycles. The molecule has 1 saturated heterocycles. The minimum absolute atomic E-state index is 0. The van der Waals surface area contributed by atoms with Gasteiger partial charge in [-0.2, -0.15) is 0 Å². The second-order valence-electron chi connectivity index (χ2n) is 7.93. The normalized spacial score (nSPS) is 11.9. The minimum atomic E-state index is -0.375. The third-order valence-corrected chi connectivity index (χ3v) is 5.17. The summed E-state index contributed by atoms with van der Waals surface area (Å²) in [6.45, 7) is 1.71. The summed E-state index contributed by atoms with van der Waals surface area (Å²) in [5.41, 5.74) is 1.63. The number of aldehydes is 1. The number of urea groups is 1. The number of hydrogen-bond acceptors (Lipinski definition) is 6. The second kappa shape index (κ2) is 22.2. The van der Waals surface area contributed by atoms with Crippen LogP contribution < -0.4 is 122 Å². The number of nitrogens with zero attached hydrogens (tertiary/aromatic N) is 3. The van der Waals surface area contributed by atoms with Gasteiger partial charge in [0.2, 0.25) is 11.8 Å². The number of nitrogens with one attached hydrogen (secondary N) is 1. The predicted octanol–water partition coefficient (Wildman–Crippen LogP) is -3.35. The zero-order chi connectivity index (χ0) is 24.6. The number of benzene rings is 1. The van der Waals surface area contributed by atoms with Gasteiger partial charge in [0.25, 0.3) is 0 Å². The van der Waals surface area contributed by atoms with E-state index in [1.165, 1.54) is 4.90 Å². The van der Waals surface area contributed by atoms with Crippen LogP contribution in [-0.2, 0) is 36.9 Å². The first kappa shape index (κ1) is 36.3. The predicted molar refractivity (Wildman–Crippen MR) is 125 cm³/mol. The maximum Gasteiger partial charge on any atom is 1.00 e. The fraction of sp³-hybridized carbons (Fsp3) is 0.542. The molecule has 1 N–H and O–H groups in total. The third-order valence-electron chi connectivity index (χ3n) is 5.17. The van der Waals surface area contributed by atoms with E-state index in [0.29, 0.717) is 45.5 Å². The first-order valence-corrected chi connectivity index (χ1v) is 11.6. The molecule has 0 aliphatic carbocycles. The Morgan fingerprint density at radius 2 is 1.72 bits per heavy atom. The standard InChI is InChI=1S/C24H34N4O6.2Rb/c29-14-4-2-1-3-11-25-24(33)26-12-5-15-34-18-21(30)27-17-20-8-6-19(7-9-20)16-23(32)28-13-10-22(28)31;;/h6-9,14H,1-5,10-13,15-18H2,(H3,25,26,27,30,33);;/q;2*+1/p-2. The van der Waals surface area contributed by atoms with Crippen molar-refractivity contribution in [3.05, 3.63) is 46.0 Å². The topological polar surface area (TPSA) is 138 Å². The molecule has 0 spiro atoms. The monoisotopic (exact) mass is 642 g/mol. The number of carbonyl (C=O) groups is 5. The van der Waals surface area contributed by atoms with Crippen LogP contribution in [0.15, 0.2) is 24.3 Å². The van der Waals surface area contributed by atoms with Gasteiger partial charge in [-0.15, -0.1) is 6.54 Å². The maximum atomic E-state index is 12.0. The van der Waals surface area contributed by atoms with Crippen LogP contribution in [0.3, 0.4) is 0 Å². The van der Waals surface area contributed by atoms with E-state index < -0.39 is 0 Å². The van der Waals surface area contributed by atoms with Crippen LogP contribution in [0.5, 0.6) is 0 Å². The van der Waals surface area contributed by atoms with E-state index in [4.69, 9.17) is 4.74 Å². The van der Waals surface area contributed by atoms with Crippen molar-refractivity contribution in [2.45, 2.75) is 51.5 Å². The van der Waals surface area contributed by atoms with Gasteiger partial charge in [-0.05, 0) is 24.9 Å². The minimum Gasteiger partial charge on any atom is -0.648 e. The molecular weight excluding hydrogens is 611 g/mol. The molecule has 0 radical (unpaired) electrons. The number of likely N-dealkylation sites (tertiary alicyclic amines) is 1. The molecule has 186 valence electrons. The first-order chi connectivity index (χ1) is 16.5. The summed E-state index contributed by atoms with van der Waals surface area (Å²) in [6, 6.07) is 6.82. The van der Waals surface area contributed by atoms with Crippen molar-refractivity contribution in [2.24, 2.45) is 0 Å². The van der Waals surface area contributed by atoms with Crippen LogP contribution in [-0.4, -0.2) is 67.8 Å². The third kappa shape index (κ3) is 15.7. The molecule has 0 unspecified atom stereocenters. The maximum absolute atomic E-state index is 12.0. The zero-order valence-corrected chi connectivity index (χ0v) is 31.2. The van der Waals surface area contributed by atoms with Crippen LogP contribution in [0.4, 0.5) is 4.79 Å². The van der Waals surface area contributed by atoms with E-state index in [-0.39, 0.29) is 160 Å². The molecule has 12 heteroatoms. The smallest absolute Gasteiger partial charge is 0.648 e. The van der Waals surface area contributed by atoms with Crippen molar-refractivity contribution in [2.75, 3.05) is 32.8 Å². The Morgan fingerprint density at radius 3 is 2.36 bits per heavy atom. The molecule has 2 rings (SSSR count). The Hall–Kier alpha value is 0.340. The summed E-state index contributed by atoms with van der Waals surface area (Å²) < 4.78 is 5.28. The quantitative estimate of drug-likeness (QED) is 0.114. The fourth-order valence-corrected chi connectivity index (χ4v) is 3.12. The number of carbonyl (C=O) groups excluding carboxylic acids is 5. The van der Waals surface area contributed by atoms with Gasteiger partial charge in [0, 0.05) is 26.0 Å². The van der Waals surface area contributed by atoms with Gasteiger partial charge in [-0.3, -0.25) is 19.3 Å². The van der Waals surface area contributed by atoms with Crippen molar-refractivity contribution in [1.29, 1.82) is 0 Å². The first-order valence-electron chi connectivity index (χ1n) is 11.6. The molecule has 0 aromatic heterocycles. The van der Waals surface area contributed by atoms with Crippen molar-refractivity contribution in [3.8, 4) is 0 Å². The Morgan fingerprint density at radius 1 is 1.00 bits per heavy atom. The molecule has 0 saturated carbocycles. The number of unbranched alkanes of at least 4 members (excludes halogenated alkanes) is 3. The molecule has 1 aliphatic rings. The van der Waals surface area contributed by atoms with Gasteiger partial charge in [0.1, 0.15) is 6.29 Å². The molecule has 1 aromatic carbocycles. The average Bonchev–Trinajstić information content (AvgIpc) is 2.82. The number of hydrogen-bond donors (Lipinski definition) is 1. The summed E-state index contributed by atoms with van der Waals surface area (Å²) in [4.78, 5) is 58.1. The van der Waals surface area contributed by atoms with Gasteiger partial charge in [-0.25, -0.2) is 0 Å². The molecule has 10 nitrogen and oxygen atoms in total. The Labute approximate surface area is 310 Å². The molecule has 1 fully saturated rings. The summed E-state index contributed by atoms with van der Waals surface area (Å²) in [7, 11) is 0. The van der Waals surface area contributed by atoms with Crippen LogP contribution >= 0.6 is 0 Å². The Bertz CT molecular complexity index is 838. The van der Waals surface area contributed by atoms with Gasteiger partial charge in [0.15, 0.2) is 6.03 Å². The molecule has 5 amide bonds. The summed E-state index contributed by atoms with van der Waals surface area (Å²) in [6.07, 6.45) is 5.10. The summed E-state index contributed by atoms with van der Waals surface area (Å²) in [5, 5.41) is 10.5. The van der Waals surface area contributed by atoms with Crippen LogP contribution in [0.25, 0.3) is 10.6 Å². The number of ether oxygens (including phenoxy) is 1. The SMILES string of the molecule is O=CCCCCCNC(=O)[N-]CCCOCC(=O)[N-]Cc1ccc(CC(=O)N2CCC2=O)cc1.[Rb+].[Rb+]. The van der Waals surface area contributed by atoms with E-state index in [1.807, 2.05) is 0 Å². The Balaban J connectivity index is 0.00000612. The van der Waals surface area contributed by atoms with Gasteiger partial charge < -0.3 is 30.3 Å². The zero-order valence-electron chi connectivity index (χ0n) is 21.4. The number of β-lactam (4-membered cyclic amide) rings is 1. The van der Waals surface area contributed by atoms with E-state index in [0.717, 1.165) is 36.7 Å². The van der Waals surface area contributed by atoms with Gasteiger partial charge in [-0.1, -0.05) is 49.2 Å². The number of imide groups is 1. The fourth-order valence-electron chi connectivity index (χ4n) is 3.12. The van der Waals surface area contributed by atoms with E-state index in [2.05, 4.69) is 16.0 Å². The van der Waals surface area contributed by atoms with Gasteiger partial charge in [0.05, 0.1) is 18.9 Å².